The number of halogens is 10. The SMILES string of the molecule is CCCN1C2=CC(=NC(=O)C(F)(F)C(F)(F)F)/C(=C3/C(=O)C(c4cc5c(cc4NC(=O)C(F)(F)C(F)(F)F)N(CCC)C(C)(C)C5(C)C)=C3O)C=C2C(C)(C)C1(C)C. The Morgan fingerprint density at radius 2 is 1.26 bits per heavy atom. The number of ketones is 1. The van der Waals surface area contributed by atoms with Crippen LogP contribution < -0.4 is 10.2 Å². The van der Waals surface area contributed by atoms with E-state index < -0.39 is 103 Å². The number of allylic oxidation sites excluding steroid dienone is 6. The van der Waals surface area contributed by atoms with Crippen LogP contribution in [0.1, 0.15) is 93.2 Å². The highest BCUT2D eigenvalue weighted by atomic mass is 19.4. The molecule has 2 heterocycles. The van der Waals surface area contributed by atoms with Gasteiger partial charge in [0.05, 0.1) is 22.5 Å². The van der Waals surface area contributed by atoms with Gasteiger partial charge >= 0.3 is 36.0 Å². The summed E-state index contributed by atoms with van der Waals surface area (Å²) in [5.41, 5.74) is -5.58. The zero-order valence-corrected chi connectivity index (χ0v) is 33.4. The predicted molar refractivity (Wildman–Crippen MR) is 197 cm³/mol. The van der Waals surface area contributed by atoms with Crippen molar-refractivity contribution in [3.8, 4) is 0 Å². The van der Waals surface area contributed by atoms with E-state index in [0.29, 0.717) is 48.5 Å². The van der Waals surface area contributed by atoms with E-state index in [1.165, 1.54) is 12.1 Å². The lowest BCUT2D eigenvalue weighted by Crippen LogP contribution is -2.51. The molecule has 0 atom stereocenters. The van der Waals surface area contributed by atoms with Crippen molar-refractivity contribution in [1.29, 1.82) is 0 Å². The third kappa shape index (κ3) is 6.16. The highest BCUT2D eigenvalue weighted by Crippen LogP contribution is 2.58. The molecule has 1 fully saturated rings. The molecule has 0 saturated carbocycles. The zero-order chi connectivity index (χ0) is 44.3. The Morgan fingerprint density at radius 1 is 0.741 bits per heavy atom. The maximum atomic E-state index is 14.4. The van der Waals surface area contributed by atoms with Crippen LogP contribution in [0.3, 0.4) is 0 Å². The van der Waals surface area contributed by atoms with Gasteiger partial charge in [-0.3, -0.25) is 14.4 Å². The molecule has 0 radical (unpaired) electrons. The second-order valence-corrected chi connectivity index (χ2v) is 16.9. The van der Waals surface area contributed by atoms with Gasteiger partial charge in [0.1, 0.15) is 5.76 Å². The van der Waals surface area contributed by atoms with Crippen LogP contribution in [0.4, 0.5) is 55.3 Å². The molecule has 1 aromatic carbocycles. The van der Waals surface area contributed by atoms with Gasteiger partial charge in [-0.05, 0) is 76.0 Å². The summed E-state index contributed by atoms with van der Waals surface area (Å²) in [7, 11) is 0. The lowest BCUT2D eigenvalue weighted by atomic mass is 9.69. The Morgan fingerprint density at radius 3 is 1.76 bits per heavy atom. The summed E-state index contributed by atoms with van der Waals surface area (Å²) in [6.45, 7) is 19.0. The Balaban J connectivity index is 1.82. The molecule has 5 rings (SSSR count). The summed E-state index contributed by atoms with van der Waals surface area (Å²) in [5, 5.41) is 13.3. The number of fused-ring (bicyclic) bond motifs is 2. The van der Waals surface area contributed by atoms with Gasteiger partial charge in [-0.25, -0.2) is 4.99 Å². The fraction of sp³-hybridized carbons (Fsp3) is 0.550. The van der Waals surface area contributed by atoms with Crippen LogP contribution in [0.5, 0.6) is 0 Å². The molecule has 8 nitrogen and oxygen atoms in total. The first kappa shape index (κ1) is 44.5. The number of Topliss-reactive ketones (excluding diaryl/α,β-unsaturated/α-hetero) is 1. The number of carbonyl (C=O) groups is 3. The first-order chi connectivity index (χ1) is 26.2. The maximum Gasteiger partial charge on any atom is 0.463 e. The molecule has 0 aromatic heterocycles. The summed E-state index contributed by atoms with van der Waals surface area (Å²) in [6, 6.07) is 2.39. The minimum atomic E-state index is -6.34. The lowest BCUT2D eigenvalue weighted by Gasteiger charge is -2.42. The minimum Gasteiger partial charge on any atom is -0.506 e. The number of likely N-dealkylation sites (tertiary alicyclic amines) is 1. The van der Waals surface area contributed by atoms with Crippen molar-refractivity contribution in [1.82, 2.24) is 4.90 Å². The number of rotatable bonds is 8. The van der Waals surface area contributed by atoms with Crippen LogP contribution in [0.25, 0.3) is 5.57 Å². The van der Waals surface area contributed by atoms with Crippen LogP contribution in [0.2, 0.25) is 0 Å². The molecule has 0 unspecified atom stereocenters. The quantitative estimate of drug-likeness (QED) is 0.200. The van der Waals surface area contributed by atoms with Crippen molar-refractivity contribution in [2.75, 3.05) is 23.3 Å². The van der Waals surface area contributed by atoms with Gasteiger partial charge in [0.15, 0.2) is 0 Å². The van der Waals surface area contributed by atoms with Crippen LogP contribution in [-0.4, -0.2) is 81.7 Å². The summed E-state index contributed by atoms with van der Waals surface area (Å²) >= 11 is 0. The molecule has 1 aromatic rings. The van der Waals surface area contributed by atoms with Crippen molar-refractivity contribution >= 4 is 40.3 Å². The summed E-state index contributed by atoms with van der Waals surface area (Å²) < 4.78 is 137. The monoisotopic (exact) mass is 834 g/mol. The van der Waals surface area contributed by atoms with Crippen molar-refractivity contribution in [2.24, 2.45) is 10.4 Å². The molecule has 318 valence electrons. The van der Waals surface area contributed by atoms with E-state index in [9.17, 15) is 63.4 Å². The van der Waals surface area contributed by atoms with E-state index in [1.54, 1.807) is 19.2 Å². The fourth-order valence-electron chi connectivity index (χ4n) is 7.93. The second-order valence-electron chi connectivity index (χ2n) is 16.9. The predicted octanol–water partition coefficient (Wildman–Crippen LogP) is 9.78. The van der Waals surface area contributed by atoms with Crippen LogP contribution in [0.15, 0.2) is 57.5 Å². The molecule has 0 spiro atoms. The molecule has 58 heavy (non-hydrogen) atoms. The Labute approximate surface area is 328 Å². The number of hydrogen-bond donors (Lipinski definition) is 2. The molecular weight excluding hydrogens is 790 g/mol. The lowest BCUT2D eigenvalue weighted by molar-refractivity contribution is -0.268. The van der Waals surface area contributed by atoms with E-state index in [0.717, 1.165) is 12.1 Å². The molecule has 2 amide bonds. The van der Waals surface area contributed by atoms with Crippen LogP contribution >= 0.6 is 0 Å². The van der Waals surface area contributed by atoms with Gasteiger partial charge in [0.2, 0.25) is 5.78 Å². The van der Waals surface area contributed by atoms with Gasteiger partial charge in [-0.1, -0.05) is 41.5 Å². The van der Waals surface area contributed by atoms with Crippen molar-refractivity contribution in [3.05, 3.63) is 63.6 Å². The van der Waals surface area contributed by atoms with E-state index in [-0.39, 0.29) is 0 Å². The molecule has 0 bridgehead atoms. The largest absolute Gasteiger partial charge is 0.506 e. The molecule has 4 aliphatic rings. The number of aliphatic hydroxyl groups excluding tert-OH is 1. The Kier molecular flexibility index (Phi) is 10.3. The number of benzene rings is 1. The number of amides is 2. The number of nitrogens with one attached hydrogen (secondary N) is 1. The van der Waals surface area contributed by atoms with Gasteiger partial charge in [0, 0.05) is 57.5 Å². The van der Waals surface area contributed by atoms with Gasteiger partial charge in [-0.2, -0.15) is 43.9 Å². The standard InChI is InChI=1S/C40H44F10N4O4/c1-11-13-53-25-17-23(51-31(57)37(41,42)39(45,46)47)19(15-21(25)33(3,4)35(53,7)8)27-29(55)28(30(27)56)20-16-22-26(54(14-12-2)36(9,10)34(22,5)6)18-24(20)52-32(58)38(43,44)40(48,49)50/h15-18,55H,11-14H2,1-10H3,(H,51,57)/b28-20+,52-24?. The van der Waals surface area contributed by atoms with Gasteiger partial charge in [-0.15, -0.1) is 0 Å². The number of carbonyl (C=O) groups excluding carboxylic acids is 3. The smallest absolute Gasteiger partial charge is 0.463 e. The molecule has 1 saturated heterocycles. The molecule has 2 aliphatic carbocycles. The number of aliphatic hydroxyl groups is 1. The highest BCUT2D eigenvalue weighted by molar-refractivity contribution is 6.42. The highest BCUT2D eigenvalue weighted by Gasteiger charge is 2.65. The second kappa shape index (κ2) is 13.4. The Bertz CT molecular complexity index is 2150. The first-order valence-electron chi connectivity index (χ1n) is 18.4. The molecule has 2 N–H and O–H groups in total. The molecule has 18 heteroatoms. The van der Waals surface area contributed by atoms with E-state index >= 15 is 0 Å². The number of aliphatic imine (C=N–C) groups is 1. The van der Waals surface area contributed by atoms with Crippen molar-refractivity contribution < 1.29 is 63.4 Å². The number of nitrogens with zero attached hydrogens (tertiary/aromatic N) is 3. The van der Waals surface area contributed by atoms with Crippen LogP contribution in [0, 0.1) is 5.41 Å². The number of hydrogen-bond acceptors (Lipinski definition) is 6. The van der Waals surface area contributed by atoms with E-state index in [4.69, 9.17) is 0 Å². The minimum absolute atomic E-state index is 0.300. The summed E-state index contributed by atoms with van der Waals surface area (Å²) in [5.74, 6) is -19.7. The van der Waals surface area contributed by atoms with Crippen molar-refractivity contribution in [2.45, 2.75) is 123 Å². The third-order valence-corrected chi connectivity index (χ3v) is 12.7. The van der Waals surface area contributed by atoms with E-state index in [2.05, 4.69) is 4.99 Å². The average molecular weight is 835 g/mol. The fourth-order valence-corrected chi connectivity index (χ4v) is 7.93. The third-order valence-electron chi connectivity index (χ3n) is 12.7. The van der Waals surface area contributed by atoms with Gasteiger partial charge in [0.25, 0.3) is 0 Å². The maximum absolute atomic E-state index is 14.4. The number of anilines is 2. The summed E-state index contributed by atoms with van der Waals surface area (Å²) in [4.78, 5) is 46.3. The van der Waals surface area contributed by atoms with Crippen molar-refractivity contribution in [3.63, 3.8) is 0 Å². The van der Waals surface area contributed by atoms with Gasteiger partial charge < -0.3 is 20.2 Å². The molecular formula is C40H44F10N4O4. The Hall–Kier alpha value is -4.64. The normalized spacial score (nSPS) is 23.1. The average Bonchev–Trinajstić information content (AvgIpc) is 3.31. The van der Waals surface area contributed by atoms with Crippen LogP contribution in [-0.2, 0) is 19.8 Å². The van der Waals surface area contributed by atoms with E-state index in [1.807, 2.05) is 65.2 Å². The molecule has 2 aliphatic heterocycles. The topological polar surface area (TPSA) is 102 Å². The number of alkyl halides is 10. The first-order valence-corrected chi connectivity index (χ1v) is 18.4. The summed E-state index contributed by atoms with van der Waals surface area (Å²) in [6.07, 6.45) is -9.23. The zero-order valence-electron chi connectivity index (χ0n) is 33.4.